The molecule has 0 saturated heterocycles. The van der Waals surface area contributed by atoms with E-state index in [1.807, 2.05) is 6.92 Å². The maximum absolute atomic E-state index is 10.7. The molecule has 4 saturated carbocycles. The van der Waals surface area contributed by atoms with E-state index < -0.39 is 0 Å². The van der Waals surface area contributed by atoms with Crippen LogP contribution in [0.2, 0.25) is 0 Å². The summed E-state index contributed by atoms with van der Waals surface area (Å²) in [4.78, 5) is 0. The fraction of sp³-hybridized carbons (Fsp3) is 1.00. The minimum Gasteiger partial charge on any atom is -0.393 e. The maximum Gasteiger partial charge on any atom is 0.0601 e. The van der Waals surface area contributed by atoms with Gasteiger partial charge in [-0.1, -0.05) is 26.7 Å². The third-order valence-electron chi connectivity index (χ3n) is 9.21. The van der Waals surface area contributed by atoms with Gasteiger partial charge in [0, 0.05) is 5.92 Å². The van der Waals surface area contributed by atoms with Crippen molar-refractivity contribution in [1.29, 1.82) is 0 Å². The van der Waals surface area contributed by atoms with Crippen molar-refractivity contribution in [2.45, 2.75) is 90.8 Å². The first-order valence-corrected chi connectivity index (χ1v) is 10.2. The smallest absolute Gasteiger partial charge is 0.0601 e. The molecule has 4 aliphatic rings. The van der Waals surface area contributed by atoms with Gasteiger partial charge in [0.15, 0.2) is 0 Å². The van der Waals surface area contributed by atoms with Gasteiger partial charge in [-0.25, -0.2) is 0 Å². The first-order chi connectivity index (χ1) is 10.9. The Morgan fingerprint density at radius 2 is 1.70 bits per heavy atom. The molecule has 4 fully saturated rings. The van der Waals surface area contributed by atoms with E-state index in [1.165, 1.54) is 51.4 Å². The van der Waals surface area contributed by atoms with Crippen LogP contribution >= 0.6 is 0 Å². The van der Waals surface area contributed by atoms with Crippen molar-refractivity contribution < 1.29 is 10.2 Å². The van der Waals surface area contributed by atoms with Crippen molar-refractivity contribution >= 4 is 0 Å². The lowest BCUT2D eigenvalue weighted by Gasteiger charge is -2.60. The normalized spacial score (nSPS) is 57.3. The number of aliphatic hydroxyl groups excluding tert-OH is 2. The van der Waals surface area contributed by atoms with Crippen LogP contribution in [0.25, 0.3) is 0 Å². The molecule has 132 valence electrons. The van der Waals surface area contributed by atoms with Crippen LogP contribution in [0.3, 0.4) is 0 Å². The highest BCUT2D eigenvalue weighted by molar-refractivity contribution is 5.11. The summed E-state index contributed by atoms with van der Waals surface area (Å²) in [6.45, 7) is 6.89. The summed E-state index contributed by atoms with van der Waals surface area (Å²) in [6.07, 6.45) is 11.4. The summed E-state index contributed by atoms with van der Waals surface area (Å²) >= 11 is 0. The van der Waals surface area contributed by atoms with Crippen LogP contribution in [-0.2, 0) is 0 Å². The van der Waals surface area contributed by atoms with Crippen molar-refractivity contribution in [3.05, 3.63) is 0 Å². The van der Waals surface area contributed by atoms with E-state index in [2.05, 4.69) is 13.8 Å². The first-order valence-electron chi connectivity index (χ1n) is 10.2. The van der Waals surface area contributed by atoms with Crippen molar-refractivity contribution in [1.82, 2.24) is 0 Å². The predicted molar refractivity (Wildman–Crippen MR) is 92.9 cm³/mol. The van der Waals surface area contributed by atoms with Gasteiger partial charge in [-0.3, -0.25) is 0 Å². The Kier molecular flexibility index (Phi) is 3.89. The highest BCUT2D eigenvalue weighted by atomic mass is 16.3. The van der Waals surface area contributed by atoms with Crippen molar-refractivity contribution in [3.8, 4) is 0 Å². The molecule has 0 aliphatic heterocycles. The van der Waals surface area contributed by atoms with Gasteiger partial charge in [-0.15, -0.1) is 0 Å². The Morgan fingerprint density at radius 3 is 2.43 bits per heavy atom. The Bertz CT molecular complexity index is 461. The average Bonchev–Trinajstić information content (AvgIpc) is 2.77. The summed E-state index contributed by atoms with van der Waals surface area (Å²) in [6, 6.07) is 0. The van der Waals surface area contributed by atoms with E-state index in [1.54, 1.807) is 0 Å². The molecule has 0 radical (unpaired) electrons. The van der Waals surface area contributed by atoms with Gasteiger partial charge in [-0.05, 0) is 86.4 Å². The topological polar surface area (TPSA) is 40.5 Å². The van der Waals surface area contributed by atoms with Crippen LogP contribution in [0.1, 0.15) is 78.6 Å². The summed E-state index contributed by atoms with van der Waals surface area (Å²) in [5, 5.41) is 21.0. The van der Waals surface area contributed by atoms with E-state index in [-0.39, 0.29) is 23.5 Å². The zero-order valence-electron chi connectivity index (χ0n) is 15.3. The number of aliphatic hydroxyl groups is 2. The zero-order chi connectivity index (χ0) is 16.4. The number of rotatable bonds is 1. The van der Waals surface area contributed by atoms with Gasteiger partial charge in [0.25, 0.3) is 0 Å². The van der Waals surface area contributed by atoms with Crippen LogP contribution in [0.15, 0.2) is 0 Å². The Balaban J connectivity index is 1.64. The lowest BCUT2D eigenvalue weighted by Crippen LogP contribution is -2.53. The molecule has 0 aromatic carbocycles. The Morgan fingerprint density at radius 1 is 0.913 bits per heavy atom. The highest BCUT2D eigenvalue weighted by Crippen LogP contribution is 2.67. The molecule has 0 spiro atoms. The molecule has 23 heavy (non-hydrogen) atoms. The van der Waals surface area contributed by atoms with Crippen molar-refractivity contribution in [3.63, 3.8) is 0 Å². The number of hydrogen-bond acceptors (Lipinski definition) is 2. The van der Waals surface area contributed by atoms with E-state index in [0.29, 0.717) is 11.3 Å². The molecule has 0 amide bonds. The van der Waals surface area contributed by atoms with Crippen LogP contribution in [0, 0.1) is 40.4 Å². The quantitative estimate of drug-likeness (QED) is 0.752. The minimum atomic E-state index is -0.377. The molecule has 4 rings (SSSR count). The zero-order valence-corrected chi connectivity index (χ0v) is 15.3. The molecule has 8 unspecified atom stereocenters. The second kappa shape index (κ2) is 5.46. The first kappa shape index (κ1) is 16.4. The molecule has 2 nitrogen and oxygen atoms in total. The monoisotopic (exact) mass is 320 g/mol. The number of hydrogen-bond donors (Lipinski definition) is 2. The summed E-state index contributed by atoms with van der Waals surface area (Å²) in [5.74, 6) is 3.35. The molecule has 0 heterocycles. The van der Waals surface area contributed by atoms with Gasteiger partial charge in [0.2, 0.25) is 0 Å². The molecule has 2 heteroatoms. The average molecular weight is 321 g/mol. The third-order valence-corrected chi connectivity index (χ3v) is 9.21. The van der Waals surface area contributed by atoms with Gasteiger partial charge in [0.1, 0.15) is 0 Å². The summed E-state index contributed by atoms with van der Waals surface area (Å²) in [5.41, 5.74) is 0.725. The van der Waals surface area contributed by atoms with Gasteiger partial charge < -0.3 is 10.2 Å². The maximum atomic E-state index is 10.7. The predicted octanol–water partition coefficient (Wildman–Crippen LogP) is 4.39. The molecule has 0 aromatic heterocycles. The Hall–Kier alpha value is -0.0800. The van der Waals surface area contributed by atoms with E-state index in [9.17, 15) is 10.2 Å². The standard InChI is InChI=1S/C21H36O2/c1-13(22)19-18(23)12-17-15-8-7-14-6-4-5-10-20(14,2)16(15)9-11-21(17,19)3/h13-19,22-23H,4-12H2,1-3H3/t13?,14-,15?,16?,17?,18?,19?,20?,21?/m1/s1. The van der Waals surface area contributed by atoms with Crippen LogP contribution in [-0.4, -0.2) is 22.4 Å². The third kappa shape index (κ3) is 2.20. The summed E-state index contributed by atoms with van der Waals surface area (Å²) in [7, 11) is 0. The van der Waals surface area contributed by atoms with Crippen LogP contribution in [0.4, 0.5) is 0 Å². The molecule has 2 N–H and O–H groups in total. The van der Waals surface area contributed by atoms with Crippen LogP contribution in [0.5, 0.6) is 0 Å². The Labute approximate surface area is 142 Å². The summed E-state index contributed by atoms with van der Waals surface area (Å²) < 4.78 is 0. The number of fused-ring (bicyclic) bond motifs is 5. The van der Waals surface area contributed by atoms with Crippen molar-refractivity contribution in [2.24, 2.45) is 40.4 Å². The second-order valence-corrected chi connectivity index (χ2v) is 10.0. The molecular weight excluding hydrogens is 284 g/mol. The van der Waals surface area contributed by atoms with E-state index in [4.69, 9.17) is 0 Å². The van der Waals surface area contributed by atoms with Gasteiger partial charge in [0.05, 0.1) is 12.2 Å². The minimum absolute atomic E-state index is 0.0883. The van der Waals surface area contributed by atoms with Crippen molar-refractivity contribution in [2.75, 3.05) is 0 Å². The molecule has 9 atom stereocenters. The SMILES string of the molecule is CC(O)C1C(O)CC2C3CC[C@H]4CCCCC4(C)C3CCC21C. The lowest BCUT2D eigenvalue weighted by molar-refractivity contribution is -0.120. The van der Waals surface area contributed by atoms with Crippen LogP contribution < -0.4 is 0 Å². The fourth-order valence-corrected chi connectivity index (χ4v) is 8.22. The molecule has 0 bridgehead atoms. The highest BCUT2D eigenvalue weighted by Gasteiger charge is 2.62. The van der Waals surface area contributed by atoms with E-state index >= 15 is 0 Å². The molecular formula is C21H36O2. The van der Waals surface area contributed by atoms with E-state index in [0.717, 1.165) is 24.2 Å². The van der Waals surface area contributed by atoms with Gasteiger partial charge in [-0.2, -0.15) is 0 Å². The lowest BCUT2D eigenvalue weighted by atomic mass is 9.45. The second-order valence-electron chi connectivity index (χ2n) is 10.0. The van der Waals surface area contributed by atoms with Gasteiger partial charge >= 0.3 is 0 Å². The molecule has 0 aromatic rings. The largest absolute Gasteiger partial charge is 0.393 e. The fourth-order valence-electron chi connectivity index (χ4n) is 8.22. The molecule has 4 aliphatic carbocycles.